The zero-order valence-corrected chi connectivity index (χ0v) is 34.3. The molecule has 0 unspecified atom stereocenters. The molecule has 57 heavy (non-hydrogen) atoms. The molecule has 0 saturated heterocycles. The zero-order valence-electron chi connectivity index (χ0n) is 30.4. The van der Waals surface area contributed by atoms with Crippen molar-refractivity contribution >= 4 is 94.6 Å². The van der Waals surface area contributed by atoms with Crippen LogP contribution in [0.4, 0.5) is 28.8 Å². The van der Waals surface area contributed by atoms with Crippen LogP contribution in [0.5, 0.6) is 0 Å². The van der Waals surface area contributed by atoms with Gasteiger partial charge in [0.25, 0.3) is 0 Å². The second kappa shape index (κ2) is 17.0. The lowest BCUT2D eigenvalue weighted by Crippen LogP contribution is -2.09. The second-order valence-corrected chi connectivity index (χ2v) is 19.0. The van der Waals surface area contributed by atoms with Crippen LogP contribution >= 0.6 is 34.8 Å². The SMILES string of the molecule is CS(=O)(=O)Cc1cc(N)ccc1Cl.CS(=O)(=O)Cc1cc(Nc2cc(NC3CC3)n3ncc(C#N)c3n2)ccc1Cl.N#Cc1cnn2c(NC3CC3)cc(Cl)nc12. The van der Waals surface area contributed by atoms with Gasteiger partial charge in [-0.05, 0) is 73.2 Å². The van der Waals surface area contributed by atoms with Gasteiger partial charge in [-0.2, -0.15) is 29.8 Å². The topological polar surface area (TPSA) is 238 Å². The van der Waals surface area contributed by atoms with E-state index in [4.69, 9.17) is 45.8 Å². The normalized spacial score (nSPS) is 13.7. The first kappa shape index (κ1) is 41.3. The Morgan fingerprint density at radius 1 is 0.737 bits per heavy atom. The van der Waals surface area contributed by atoms with Crippen LogP contribution in [0.2, 0.25) is 15.2 Å². The molecule has 0 radical (unpaired) electrons. The number of benzene rings is 2. The van der Waals surface area contributed by atoms with Gasteiger partial charge in [0.1, 0.15) is 45.9 Å². The minimum atomic E-state index is -3.22. The number of anilines is 5. The van der Waals surface area contributed by atoms with E-state index >= 15 is 0 Å². The summed E-state index contributed by atoms with van der Waals surface area (Å²) in [6.45, 7) is 0. The summed E-state index contributed by atoms with van der Waals surface area (Å²) < 4.78 is 48.4. The van der Waals surface area contributed by atoms with Crippen molar-refractivity contribution in [3.8, 4) is 12.1 Å². The van der Waals surface area contributed by atoms with Gasteiger partial charge in [-0.25, -0.2) is 26.8 Å². The van der Waals surface area contributed by atoms with E-state index in [9.17, 15) is 22.1 Å². The maximum Gasteiger partial charge on any atom is 0.177 e. The molecule has 0 aliphatic heterocycles. The van der Waals surface area contributed by atoms with Crippen LogP contribution in [0, 0.1) is 22.7 Å². The highest BCUT2D eigenvalue weighted by atomic mass is 35.5. The van der Waals surface area contributed by atoms with Gasteiger partial charge in [0.2, 0.25) is 0 Å². The molecule has 296 valence electrons. The third kappa shape index (κ3) is 11.4. The highest BCUT2D eigenvalue weighted by molar-refractivity contribution is 7.90. The standard InChI is InChI=1S/C18H17ClN6O2S.C10H8ClN5.C8H10ClNO2S/c1-28(26,27)10-11-6-14(4-5-15(11)19)22-16-7-17(23-13-2-3-13)25-18(24-16)12(8-20)9-21-25;11-8-3-9(14-7-1-2-7)16-10(15-8)6(4-12)5-13-16;1-13(11,12)5-6-4-7(10)2-3-8(6)9/h4-7,9,13,23H,2-3,10H2,1H3,(H,22,24);3,5,7,14H,1-2H2;2-4H,5,10H2,1H3. The minimum Gasteiger partial charge on any atom is -0.399 e. The Bertz CT molecular complexity index is 2790. The molecule has 2 saturated carbocycles. The molecular formula is C36H35Cl3N12O4S2. The van der Waals surface area contributed by atoms with Gasteiger partial charge in [0, 0.05) is 58.1 Å². The molecule has 4 aromatic heterocycles. The second-order valence-electron chi connectivity index (χ2n) is 13.6. The summed E-state index contributed by atoms with van der Waals surface area (Å²) >= 11 is 17.8. The van der Waals surface area contributed by atoms with E-state index in [0.717, 1.165) is 49.8 Å². The first-order chi connectivity index (χ1) is 27.0. The summed E-state index contributed by atoms with van der Waals surface area (Å²) in [6.07, 6.45) is 9.80. The van der Waals surface area contributed by atoms with Crippen LogP contribution in [0.15, 0.2) is 60.9 Å². The molecule has 2 aliphatic rings. The molecule has 6 aromatic rings. The Labute approximate surface area is 343 Å². The summed E-state index contributed by atoms with van der Waals surface area (Å²) in [5.41, 5.74) is 9.46. The van der Waals surface area contributed by atoms with E-state index in [0.29, 0.717) is 78.0 Å². The summed E-state index contributed by atoms with van der Waals surface area (Å²) in [5, 5.41) is 37.6. The predicted molar refractivity (Wildman–Crippen MR) is 221 cm³/mol. The number of rotatable bonds is 10. The smallest absolute Gasteiger partial charge is 0.177 e. The molecule has 2 aliphatic carbocycles. The van der Waals surface area contributed by atoms with Gasteiger partial charge in [-0.1, -0.05) is 34.8 Å². The van der Waals surface area contributed by atoms with Crippen molar-refractivity contribution in [2.75, 3.05) is 34.2 Å². The Morgan fingerprint density at radius 3 is 1.74 bits per heavy atom. The molecule has 8 rings (SSSR count). The van der Waals surface area contributed by atoms with Gasteiger partial charge < -0.3 is 21.7 Å². The number of hydrogen-bond donors (Lipinski definition) is 4. The van der Waals surface area contributed by atoms with Gasteiger partial charge in [-0.15, -0.1) is 0 Å². The van der Waals surface area contributed by atoms with E-state index in [2.05, 4.69) is 42.2 Å². The quantitative estimate of drug-likeness (QED) is 0.0860. The molecule has 16 nitrogen and oxygen atoms in total. The highest BCUT2D eigenvalue weighted by Crippen LogP contribution is 2.30. The van der Waals surface area contributed by atoms with Crippen LogP contribution in [0.3, 0.4) is 0 Å². The van der Waals surface area contributed by atoms with Crippen molar-refractivity contribution in [1.82, 2.24) is 29.2 Å². The average molecular weight is 870 g/mol. The number of fused-ring (bicyclic) bond motifs is 2. The first-order valence-corrected chi connectivity index (χ1v) is 22.4. The van der Waals surface area contributed by atoms with Crippen molar-refractivity contribution in [2.24, 2.45) is 0 Å². The van der Waals surface area contributed by atoms with Crippen molar-refractivity contribution in [3.05, 3.63) is 98.4 Å². The van der Waals surface area contributed by atoms with E-state index in [-0.39, 0.29) is 11.5 Å². The summed E-state index contributed by atoms with van der Waals surface area (Å²) in [6, 6.07) is 18.4. The van der Waals surface area contributed by atoms with Crippen LogP contribution in [0.25, 0.3) is 11.3 Å². The minimum absolute atomic E-state index is 0.0725. The molecule has 21 heteroatoms. The predicted octanol–water partition coefficient (Wildman–Crippen LogP) is 6.41. The van der Waals surface area contributed by atoms with E-state index < -0.39 is 19.7 Å². The van der Waals surface area contributed by atoms with E-state index in [1.165, 1.54) is 12.4 Å². The van der Waals surface area contributed by atoms with Crippen LogP contribution < -0.4 is 21.7 Å². The number of halogens is 3. The lowest BCUT2D eigenvalue weighted by molar-refractivity contribution is 0.599. The largest absolute Gasteiger partial charge is 0.399 e. The number of sulfone groups is 2. The molecule has 0 amide bonds. The van der Waals surface area contributed by atoms with Gasteiger partial charge in [-0.3, -0.25) is 0 Å². The molecule has 0 spiro atoms. The number of nitriles is 2. The average Bonchev–Trinajstić information content (AvgIpc) is 4.05. The van der Waals surface area contributed by atoms with Crippen molar-refractivity contribution in [3.63, 3.8) is 0 Å². The maximum atomic E-state index is 11.6. The number of nitrogen functional groups attached to an aromatic ring is 1. The van der Waals surface area contributed by atoms with Crippen LogP contribution in [0.1, 0.15) is 47.9 Å². The third-order valence-corrected chi connectivity index (χ3v) is 10.8. The lowest BCUT2D eigenvalue weighted by Gasteiger charge is -2.12. The number of nitrogens with zero attached hydrogens (tertiary/aromatic N) is 8. The number of aromatic nitrogens is 6. The van der Waals surface area contributed by atoms with Crippen molar-refractivity contribution in [1.29, 1.82) is 10.5 Å². The Morgan fingerprint density at radius 2 is 1.23 bits per heavy atom. The fourth-order valence-electron chi connectivity index (χ4n) is 5.38. The monoisotopic (exact) mass is 868 g/mol. The fraction of sp³-hybridized carbons (Fsp3) is 0.278. The third-order valence-electron chi connectivity index (χ3n) is 8.24. The van der Waals surface area contributed by atoms with Crippen molar-refractivity contribution in [2.45, 2.75) is 49.3 Å². The fourth-order valence-corrected chi connectivity index (χ4v) is 7.70. The summed E-state index contributed by atoms with van der Waals surface area (Å²) in [5.74, 6) is 1.82. The number of hydrogen-bond acceptors (Lipinski definition) is 14. The summed E-state index contributed by atoms with van der Waals surface area (Å²) in [4.78, 5) is 8.59. The molecule has 0 bridgehead atoms. The first-order valence-electron chi connectivity index (χ1n) is 17.2. The molecule has 5 N–H and O–H groups in total. The Kier molecular flexibility index (Phi) is 12.3. The molecular weight excluding hydrogens is 835 g/mol. The van der Waals surface area contributed by atoms with E-state index in [1.54, 1.807) is 51.5 Å². The Balaban J connectivity index is 0.000000160. The lowest BCUT2D eigenvalue weighted by atomic mass is 10.2. The molecule has 2 aromatic carbocycles. The van der Waals surface area contributed by atoms with Gasteiger partial charge >= 0.3 is 0 Å². The van der Waals surface area contributed by atoms with Crippen LogP contribution in [-0.2, 0) is 31.2 Å². The van der Waals surface area contributed by atoms with E-state index in [1.807, 2.05) is 12.1 Å². The molecule has 4 heterocycles. The van der Waals surface area contributed by atoms with Crippen LogP contribution in [-0.4, -0.2) is 70.6 Å². The zero-order chi connectivity index (χ0) is 41.1. The molecule has 0 atom stereocenters. The van der Waals surface area contributed by atoms with Gasteiger partial charge in [0.15, 0.2) is 31.0 Å². The van der Waals surface area contributed by atoms with Crippen molar-refractivity contribution < 1.29 is 16.8 Å². The number of nitrogens with two attached hydrogens (primary N) is 1. The Hall–Kier alpha value is -5.37. The van der Waals surface area contributed by atoms with Gasteiger partial charge in [0.05, 0.1) is 23.9 Å². The maximum absolute atomic E-state index is 11.6. The number of nitrogens with one attached hydrogen (secondary N) is 3. The summed E-state index contributed by atoms with van der Waals surface area (Å²) in [7, 11) is -6.27. The highest BCUT2D eigenvalue weighted by Gasteiger charge is 2.24. The molecule has 2 fully saturated rings.